The molecule has 19 heavy (non-hydrogen) atoms. The summed E-state index contributed by atoms with van der Waals surface area (Å²) in [6, 6.07) is 0. The van der Waals surface area contributed by atoms with Gasteiger partial charge in [-0.25, -0.2) is 0 Å². The molecule has 0 aliphatic carbocycles. The Hall–Kier alpha value is -1.10. The van der Waals surface area contributed by atoms with Gasteiger partial charge in [0.2, 0.25) is 5.91 Å². The van der Waals surface area contributed by atoms with Crippen LogP contribution in [0, 0.1) is 5.41 Å². The zero-order valence-corrected chi connectivity index (χ0v) is 12.6. The van der Waals surface area contributed by atoms with Crippen molar-refractivity contribution in [3.63, 3.8) is 0 Å². The number of rotatable bonds is 10. The number of likely N-dealkylation sites (N-methyl/N-ethyl adjacent to an activating group) is 1. The fourth-order valence-electron chi connectivity index (χ4n) is 2.06. The minimum Gasteiger partial charge on any atom is -0.481 e. The highest BCUT2D eigenvalue weighted by atomic mass is 16.5. The van der Waals surface area contributed by atoms with E-state index >= 15 is 0 Å². The quantitative estimate of drug-likeness (QED) is 0.619. The number of amides is 1. The molecule has 0 unspecified atom stereocenters. The van der Waals surface area contributed by atoms with Crippen molar-refractivity contribution >= 4 is 11.9 Å². The Morgan fingerprint density at radius 3 is 2.11 bits per heavy atom. The standard InChI is InChI=1S/C14H27NO4/c1-5-14(6-2,13(17)18)11-12(16)15(7-3)9-10-19-8-4/h5-11H2,1-4H3,(H,17,18). The van der Waals surface area contributed by atoms with Gasteiger partial charge in [-0.05, 0) is 26.7 Å². The Labute approximate surface area is 115 Å². The lowest BCUT2D eigenvalue weighted by atomic mass is 9.79. The van der Waals surface area contributed by atoms with E-state index in [1.54, 1.807) is 4.90 Å². The molecule has 0 aromatic heterocycles. The highest BCUT2D eigenvalue weighted by molar-refractivity contribution is 5.85. The molecule has 0 bridgehead atoms. The van der Waals surface area contributed by atoms with Crippen LogP contribution < -0.4 is 0 Å². The van der Waals surface area contributed by atoms with Crippen molar-refractivity contribution < 1.29 is 19.4 Å². The van der Waals surface area contributed by atoms with Gasteiger partial charge in [0.05, 0.1) is 12.0 Å². The third-order valence-corrected chi connectivity index (χ3v) is 3.74. The van der Waals surface area contributed by atoms with E-state index in [1.807, 2.05) is 27.7 Å². The highest BCUT2D eigenvalue weighted by Crippen LogP contribution is 2.31. The maximum absolute atomic E-state index is 12.2. The van der Waals surface area contributed by atoms with Crippen molar-refractivity contribution in [3.05, 3.63) is 0 Å². The molecule has 0 atom stereocenters. The Morgan fingerprint density at radius 1 is 1.16 bits per heavy atom. The summed E-state index contributed by atoms with van der Waals surface area (Å²) in [4.78, 5) is 25.3. The van der Waals surface area contributed by atoms with Gasteiger partial charge in [0.15, 0.2) is 0 Å². The summed E-state index contributed by atoms with van der Waals surface area (Å²) in [6.07, 6.45) is 0.997. The Morgan fingerprint density at radius 2 is 1.74 bits per heavy atom. The van der Waals surface area contributed by atoms with Crippen molar-refractivity contribution in [1.82, 2.24) is 4.90 Å². The normalized spacial score (nSPS) is 11.4. The zero-order chi connectivity index (χ0) is 14.9. The lowest BCUT2D eigenvalue weighted by molar-refractivity contribution is -0.154. The Kier molecular flexibility index (Phi) is 8.39. The molecule has 0 radical (unpaired) electrons. The van der Waals surface area contributed by atoms with Crippen LogP contribution in [0.3, 0.4) is 0 Å². The van der Waals surface area contributed by atoms with Crippen molar-refractivity contribution in [2.24, 2.45) is 5.41 Å². The molecule has 0 aromatic carbocycles. The molecular formula is C14H27NO4. The summed E-state index contributed by atoms with van der Waals surface area (Å²) in [6.45, 7) is 9.65. The first-order chi connectivity index (χ1) is 8.97. The molecule has 1 N–H and O–H groups in total. The van der Waals surface area contributed by atoms with E-state index in [-0.39, 0.29) is 12.3 Å². The average Bonchev–Trinajstić information content (AvgIpc) is 2.40. The largest absolute Gasteiger partial charge is 0.481 e. The van der Waals surface area contributed by atoms with Crippen molar-refractivity contribution in [3.8, 4) is 0 Å². The van der Waals surface area contributed by atoms with Gasteiger partial charge in [-0.2, -0.15) is 0 Å². The molecular weight excluding hydrogens is 246 g/mol. The molecule has 112 valence electrons. The van der Waals surface area contributed by atoms with Gasteiger partial charge in [-0.3, -0.25) is 9.59 Å². The molecule has 0 saturated heterocycles. The van der Waals surface area contributed by atoms with E-state index in [1.165, 1.54) is 0 Å². The van der Waals surface area contributed by atoms with Crippen LogP contribution in [0.25, 0.3) is 0 Å². The van der Waals surface area contributed by atoms with Gasteiger partial charge >= 0.3 is 5.97 Å². The molecule has 0 aromatic rings. The van der Waals surface area contributed by atoms with Crippen molar-refractivity contribution in [2.45, 2.75) is 47.0 Å². The number of hydrogen-bond donors (Lipinski definition) is 1. The SMILES string of the molecule is CCOCCN(CC)C(=O)CC(CC)(CC)C(=O)O. The first-order valence-electron chi connectivity index (χ1n) is 7.06. The second kappa shape index (κ2) is 8.91. The van der Waals surface area contributed by atoms with Crippen molar-refractivity contribution in [1.29, 1.82) is 0 Å². The summed E-state index contributed by atoms with van der Waals surface area (Å²) in [7, 11) is 0. The summed E-state index contributed by atoms with van der Waals surface area (Å²) < 4.78 is 5.24. The first-order valence-corrected chi connectivity index (χ1v) is 7.06. The molecule has 1 amide bonds. The summed E-state index contributed by atoms with van der Waals surface area (Å²) in [5.74, 6) is -0.986. The molecule has 0 fully saturated rings. The van der Waals surface area contributed by atoms with Crippen molar-refractivity contribution in [2.75, 3.05) is 26.3 Å². The van der Waals surface area contributed by atoms with E-state index < -0.39 is 11.4 Å². The van der Waals surface area contributed by atoms with Crippen LogP contribution in [0.1, 0.15) is 47.0 Å². The molecule has 5 heteroatoms. The van der Waals surface area contributed by atoms with E-state index in [0.29, 0.717) is 39.1 Å². The second-order valence-electron chi connectivity index (χ2n) is 4.64. The van der Waals surface area contributed by atoms with Crippen LogP contribution in [0.5, 0.6) is 0 Å². The minimum atomic E-state index is -0.934. The number of carbonyl (C=O) groups is 2. The third kappa shape index (κ3) is 5.19. The third-order valence-electron chi connectivity index (χ3n) is 3.74. The second-order valence-corrected chi connectivity index (χ2v) is 4.64. The van der Waals surface area contributed by atoms with Crippen LogP contribution in [-0.2, 0) is 14.3 Å². The summed E-state index contributed by atoms with van der Waals surface area (Å²) in [5, 5.41) is 9.35. The molecule has 0 aliphatic heterocycles. The first kappa shape index (κ1) is 17.9. The van der Waals surface area contributed by atoms with Crippen LogP contribution in [0.15, 0.2) is 0 Å². The fraction of sp³-hybridized carbons (Fsp3) is 0.857. The van der Waals surface area contributed by atoms with E-state index in [4.69, 9.17) is 4.74 Å². The van der Waals surface area contributed by atoms with Gasteiger partial charge in [0.1, 0.15) is 0 Å². The molecule has 0 saturated carbocycles. The fourth-order valence-corrected chi connectivity index (χ4v) is 2.06. The van der Waals surface area contributed by atoms with Gasteiger partial charge in [0.25, 0.3) is 0 Å². The van der Waals surface area contributed by atoms with Gasteiger partial charge in [0, 0.05) is 26.1 Å². The maximum Gasteiger partial charge on any atom is 0.310 e. The Bertz CT molecular complexity index is 287. The molecule has 5 nitrogen and oxygen atoms in total. The molecule has 0 rings (SSSR count). The molecule has 0 aliphatic rings. The minimum absolute atomic E-state index is 0.0648. The van der Waals surface area contributed by atoms with Gasteiger partial charge in [-0.1, -0.05) is 13.8 Å². The predicted octanol–water partition coefficient (Wildman–Crippen LogP) is 2.15. The number of aliphatic carboxylic acids is 1. The van der Waals surface area contributed by atoms with Crippen LogP contribution in [0.2, 0.25) is 0 Å². The predicted molar refractivity (Wildman–Crippen MR) is 74.0 cm³/mol. The lowest BCUT2D eigenvalue weighted by Gasteiger charge is -2.29. The van der Waals surface area contributed by atoms with E-state index in [9.17, 15) is 14.7 Å². The number of ether oxygens (including phenoxy) is 1. The number of carboxylic acid groups (broad SMARTS) is 1. The number of carboxylic acids is 1. The maximum atomic E-state index is 12.2. The van der Waals surface area contributed by atoms with Crippen LogP contribution in [0.4, 0.5) is 0 Å². The van der Waals surface area contributed by atoms with E-state index in [2.05, 4.69) is 0 Å². The van der Waals surface area contributed by atoms with Gasteiger partial charge < -0.3 is 14.7 Å². The van der Waals surface area contributed by atoms with Gasteiger partial charge in [-0.15, -0.1) is 0 Å². The smallest absolute Gasteiger partial charge is 0.310 e. The number of carbonyl (C=O) groups excluding carboxylic acids is 1. The molecule has 0 spiro atoms. The summed E-state index contributed by atoms with van der Waals surface area (Å²) in [5.41, 5.74) is -0.934. The molecule has 0 heterocycles. The monoisotopic (exact) mass is 273 g/mol. The number of hydrogen-bond acceptors (Lipinski definition) is 3. The lowest BCUT2D eigenvalue weighted by Crippen LogP contribution is -2.40. The Balaban J connectivity index is 4.64. The highest BCUT2D eigenvalue weighted by Gasteiger charge is 2.38. The van der Waals surface area contributed by atoms with Crippen LogP contribution in [-0.4, -0.2) is 48.2 Å². The average molecular weight is 273 g/mol. The van der Waals surface area contributed by atoms with E-state index in [0.717, 1.165) is 0 Å². The zero-order valence-electron chi connectivity index (χ0n) is 12.6. The summed E-state index contributed by atoms with van der Waals surface area (Å²) >= 11 is 0. The van der Waals surface area contributed by atoms with Crippen LogP contribution >= 0.6 is 0 Å². The topological polar surface area (TPSA) is 66.8 Å². The number of nitrogens with zero attached hydrogens (tertiary/aromatic N) is 1.